The first-order chi connectivity index (χ1) is 7.75. The quantitative estimate of drug-likeness (QED) is 0.798. The molecule has 0 spiro atoms. The molecule has 17 heavy (non-hydrogen) atoms. The van der Waals surface area contributed by atoms with Crippen LogP contribution >= 0.6 is 12.4 Å². The van der Waals surface area contributed by atoms with Crippen molar-refractivity contribution in [3.05, 3.63) is 34.9 Å². The van der Waals surface area contributed by atoms with Crippen LogP contribution < -0.4 is 11.1 Å². The monoisotopic (exact) mass is 252 g/mol. The standard InChI is InChI=1S/C13H16N2O.ClH/c14-13(16)9-4-3-8-7-12-10(11(8)6-9)2-1-5-15-12;/h3-4,6,10,12,15H,1-2,5,7H2,(H2,14,16);1H. The lowest BCUT2D eigenvalue weighted by Crippen LogP contribution is -2.37. The highest BCUT2D eigenvalue weighted by molar-refractivity contribution is 5.93. The van der Waals surface area contributed by atoms with Gasteiger partial charge in [0.1, 0.15) is 0 Å². The molecule has 0 saturated carbocycles. The fraction of sp³-hybridized carbons (Fsp3) is 0.462. The number of carbonyl (C=O) groups is 1. The van der Waals surface area contributed by atoms with Crippen molar-refractivity contribution >= 4 is 18.3 Å². The summed E-state index contributed by atoms with van der Waals surface area (Å²) in [6.45, 7) is 1.12. The molecule has 1 aliphatic carbocycles. The third-order valence-electron chi connectivity index (χ3n) is 3.85. The second kappa shape index (κ2) is 4.67. The predicted molar refractivity (Wildman–Crippen MR) is 69.7 cm³/mol. The minimum atomic E-state index is -0.324. The van der Waals surface area contributed by atoms with E-state index in [1.54, 1.807) is 0 Å². The van der Waals surface area contributed by atoms with Crippen LogP contribution in [0.25, 0.3) is 0 Å². The van der Waals surface area contributed by atoms with Crippen molar-refractivity contribution in [1.29, 1.82) is 0 Å². The fourth-order valence-electron chi connectivity index (χ4n) is 3.06. The van der Waals surface area contributed by atoms with Crippen LogP contribution in [-0.2, 0) is 6.42 Å². The van der Waals surface area contributed by atoms with E-state index in [2.05, 4.69) is 11.4 Å². The van der Waals surface area contributed by atoms with E-state index in [9.17, 15) is 4.79 Å². The summed E-state index contributed by atoms with van der Waals surface area (Å²) in [7, 11) is 0. The number of piperidine rings is 1. The number of amides is 1. The van der Waals surface area contributed by atoms with Gasteiger partial charge in [-0.1, -0.05) is 6.07 Å². The van der Waals surface area contributed by atoms with Gasteiger partial charge >= 0.3 is 0 Å². The van der Waals surface area contributed by atoms with E-state index in [0.717, 1.165) is 13.0 Å². The van der Waals surface area contributed by atoms with Crippen molar-refractivity contribution in [2.24, 2.45) is 5.73 Å². The zero-order valence-electron chi connectivity index (χ0n) is 9.61. The number of nitrogens with one attached hydrogen (secondary N) is 1. The topological polar surface area (TPSA) is 55.1 Å². The minimum absolute atomic E-state index is 0. The molecular formula is C13H17ClN2O. The largest absolute Gasteiger partial charge is 0.366 e. The third kappa shape index (κ3) is 2.05. The first-order valence-electron chi connectivity index (χ1n) is 5.92. The number of benzene rings is 1. The first-order valence-corrected chi connectivity index (χ1v) is 5.92. The highest BCUT2D eigenvalue weighted by Gasteiger charge is 2.34. The van der Waals surface area contributed by atoms with Crippen molar-refractivity contribution in [3.63, 3.8) is 0 Å². The van der Waals surface area contributed by atoms with Crippen molar-refractivity contribution in [2.45, 2.75) is 31.2 Å². The van der Waals surface area contributed by atoms with E-state index in [1.807, 2.05) is 12.1 Å². The molecule has 1 saturated heterocycles. The Labute approximate surface area is 107 Å². The van der Waals surface area contributed by atoms with Gasteiger partial charge in [-0.05, 0) is 55.0 Å². The van der Waals surface area contributed by atoms with Gasteiger partial charge in [-0.25, -0.2) is 0 Å². The third-order valence-corrected chi connectivity index (χ3v) is 3.85. The second-order valence-corrected chi connectivity index (χ2v) is 4.79. The smallest absolute Gasteiger partial charge is 0.248 e. The SMILES string of the molecule is Cl.NC(=O)c1ccc2c(c1)C1CCCNC1C2. The van der Waals surface area contributed by atoms with Gasteiger partial charge in [0.05, 0.1) is 0 Å². The maximum Gasteiger partial charge on any atom is 0.248 e. The molecule has 0 radical (unpaired) electrons. The Morgan fingerprint density at radius 3 is 3.00 bits per heavy atom. The summed E-state index contributed by atoms with van der Waals surface area (Å²) >= 11 is 0. The molecule has 1 aromatic rings. The lowest BCUT2D eigenvalue weighted by Gasteiger charge is -2.27. The van der Waals surface area contributed by atoms with Gasteiger partial charge in [-0.15, -0.1) is 12.4 Å². The molecule has 1 heterocycles. The molecular weight excluding hydrogens is 236 g/mol. The van der Waals surface area contributed by atoms with Crippen LogP contribution in [0.15, 0.2) is 18.2 Å². The average Bonchev–Trinajstić information content (AvgIpc) is 2.66. The Balaban J connectivity index is 0.00000108. The average molecular weight is 253 g/mol. The Morgan fingerprint density at radius 1 is 1.41 bits per heavy atom. The molecule has 0 aromatic heterocycles. The molecule has 3 nitrogen and oxygen atoms in total. The van der Waals surface area contributed by atoms with E-state index in [-0.39, 0.29) is 18.3 Å². The van der Waals surface area contributed by atoms with Crippen LogP contribution in [0.2, 0.25) is 0 Å². The van der Waals surface area contributed by atoms with Gasteiger partial charge in [0.15, 0.2) is 0 Å². The number of carbonyl (C=O) groups excluding carboxylic acids is 1. The zero-order chi connectivity index (χ0) is 11.1. The van der Waals surface area contributed by atoms with Gasteiger partial charge in [0.25, 0.3) is 0 Å². The molecule has 1 aromatic carbocycles. The van der Waals surface area contributed by atoms with Crippen LogP contribution in [0.1, 0.15) is 40.2 Å². The van der Waals surface area contributed by atoms with Crippen molar-refractivity contribution in [1.82, 2.24) is 5.32 Å². The molecule has 0 bridgehead atoms. The maximum atomic E-state index is 11.2. The van der Waals surface area contributed by atoms with E-state index in [1.165, 1.54) is 24.0 Å². The van der Waals surface area contributed by atoms with E-state index >= 15 is 0 Å². The maximum absolute atomic E-state index is 11.2. The number of halogens is 1. The van der Waals surface area contributed by atoms with Gasteiger partial charge in [-0.2, -0.15) is 0 Å². The minimum Gasteiger partial charge on any atom is -0.366 e. The summed E-state index contributed by atoms with van der Waals surface area (Å²) in [5.74, 6) is 0.262. The Bertz CT molecular complexity index is 447. The van der Waals surface area contributed by atoms with E-state index in [4.69, 9.17) is 5.73 Å². The van der Waals surface area contributed by atoms with Crippen LogP contribution in [0, 0.1) is 0 Å². The Morgan fingerprint density at radius 2 is 2.24 bits per heavy atom. The molecule has 4 heteroatoms. The number of primary amides is 1. The molecule has 2 aliphatic rings. The Kier molecular flexibility index (Phi) is 3.40. The normalized spacial score (nSPS) is 25.6. The molecule has 1 aliphatic heterocycles. The first kappa shape index (κ1) is 12.4. The highest BCUT2D eigenvalue weighted by atomic mass is 35.5. The van der Waals surface area contributed by atoms with Crippen LogP contribution in [0.3, 0.4) is 0 Å². The van der Waals surface area contributed by atoms with Gasteiger partial charge in [0.2, 0.25) is 5.91 Å². The number of nitrogens with two attached hydrogens (primary N) is 1. The van der Waals surface area contributed by atoms with Crippen molar-refractivity contribution < 1.29 is 4.79 Å². The van der Waals surface area contributed by atoms with Gasteiger partial charge in [0, 0.05) is 11.6 Å². The van der Waals surface area contributed by atoms with E-state index in [0.29, 0.717) is 17.5 Å². The Hall–Kier alpha value is -1.06. The van der Waals surface area contributed by atoms with Crippen LogP contribution in [0.4, 0.5) is 0 Å². The van der Waals surface area contributed by atoms with Crippen LogP contribution in [-0.4, -0.2) is 18.5 Å². The van der Waals surface area contributed by atoms with Gasteiger partial charge < -0.3 is 11.1 Å². The number of hydrogen-bond acceptors (Lipinski definition) is 2. The van der Waals surface area contributed by atoms with Crippen molar-refractivity contribution in [3.8, 4) is 0 Å². The number of hydrogen-bond donors (Lipinski definition) is 2. The van der Waals surface area contributed by atoms with Crippen LogP contribution in [0.5, 0.6) is 0 Å². The van der Waals surface area contributed by atoms with Gasteiger partial charge in [-0.3, -0.25) is 4.79 Å². The fourth-order valence-corrected chi connectivity index (χ4v) is 3.06. The summed E-state index contributed by atoms with van der Waals surface area (Å²) < 4.78 is 0. The molecule has 1 fully saturated rings. The second-order valence-electron chi connectivity index (χ2n) is 4.79. The highest BCUT2D eigenvalue weighted by Crippen LogP contribution is 2.38. The molecule has 92 valence electrons. The number of fused-ring (bicyclic) bond motifs is 3. The molecule has 1 amide bonds. The molecule has 3 rings (SSSR count). The van der Waals surface area contributed by atoms with E-state index < -0.39 is 0 Å². The molecule has 2 unspecified atom stereocenters. The summed E-state index contributed by atoms with van der Waals surface area (Å²) in [5, 5.41) is 3.56. The summed E-state index contributed by atoms with van der Waals surface area (Å²) in [5.41, 5.74) is 8.69. The lowest BCUT2D eigenvalue weighted by molar-refractivity contribution is 0.1000. The molecule has 3 N–H and O–H groups in total. The summed E-state index contributed by atoms with van der Waals surface area (Å²) in [4.78, 5) is 11.2. The predicted octanol–water partition coefficient (Wildman–Crippen LogP) is 1.60. The summed E-state index contributed by atoms with van der Waals surface area (Å²) in [6.07, 6.45) is 3.55. The zero-order valence-corrected chi connectivity index (χ0v) is 10.4. The summed E-state index contributed by atoms with van der Waals surface area (Å²) in [6, 6.07) is 6.48. The number of rotatable bonds is 1. The molecule has 2 atom stereocenters. The van der Waals surface area contributed by atoms with Crippen molar-refractivity contribution in [2.75, 3.05) is 6.54 Å². The lowest BCUT2D eigenvalue weighted by atomic mass is 9.89.